The van der Waals surface area contributed by atoms with E-state index in [1.54, 1.807) is 6.20 Å². The van der Waals surface area contributed by atoms with E-state index in [1.807, 2.05) is 37.2 Å². The number of nitrogens with zero attached hydrogens (tertiary/aromatic N) is 3. The van der Waals surface area contributed by atoms with Crippen LogP contribution in [-0.4, -0.2) is 55.6 Å². The smallest absolute Gasteiger partial charge is 0.234 e. The molecular formula is C19H25FN4O. The number of likely N-dealkylation sites (N-methyl/N-ethyl adjacent to an activating group) is 1. The van der Waals surface area contributed by atoms with Gasteiger partial charge in [0, 0.05) is 36.4 Å². The van der Waals surface area contributed by atoms with Crippen LogP contribution in [-0.2, 0) is 4.79 Å². The minimum atomic E-state index is -0.305. The summed E-state index contributed by atoms with van der Waals surface area (Å²) in [6.07, 6.45) is 2.56. The van der Waals surface area contributed by atoms with Gasteiger partial charge >= 0.3 is 0 Å². The molecule has 2 unspecified atom stereocenters. The fourth-order valence-electron chi connectivity index (χ4n) is 3.61. The highest BCUT2D eigenvalue weighted by atomic mass is 19.1. The summed E-state index contributed by atoms with van der Waals surface area (Å²) in [5, 5.41) is 3.94. The van der Waals surface area contributed by atoms with E-state index < -0.39 is 0 Å². The first-order valence-electron chi connectivity index (χ1n) is 8.66. The van der Waals surface area contributed by atoms with Gasteiger partial charge in [-0.25, -0.2) is 4.39 Å². The van der Waals surface area contributed by atoms with Crippen LogP contribution < -0.4 is 10.2 Å². The van der Waals surface area contributed by atoms with Crippen LogP contribution in [0.5, 0.6) is 0 Å². The van der Waals surface area contributed by atoms with Crippen LogP contribution in [0.1, 0.15) is 13.3 Å². The lowest BCUT2D eigenvalue weighted by atomic mass is 9.94. The van der Waals surface area contributed by atoms with Gasteiger partial charge in [0.25, 0.3) is 0 Å². The number of piperidine rings is 1. The first-order valence-corrected chi connectivity index (χ1v) is 8.66. The number of nitrogens with one attached hydrogen (secondary N) is 1. The van der Waals surface area contributed by atoms with Gasteiger partial charge in [0.15, 0.2) is 0 Å². The maximum atomic E-state index is 14.0. The van der Waals surface area contributed by atoms with E-state index in [4.69, 9.17) is 0 Å². The third kappa shape index (κ3) is 4.07. The van der Waals surface area contributed by atoms with Gasteiger partial charge in [0.05, 0.1) is 6.54 Å². The minimum Gasteiger partial charge on any atom is -0.369 e. The Morgan fingerprint density at radius 1 is 1.36 bits per heavy atom. The first kappa shape index (κ1) is 17.6. The summed E-state index contributed by atoms with van der Waals surface area (Å²) in [7, 11) is 3.76. The average Bonchev–Trinajstić information content (AvgIpc) is 2.54. The summed E-state index contributed by atoms with van der Waals surface area (Å²) < 4.78 is 14.0. The van der Waals surface area contributed by atoms with Crippen LogP contribution in [0.15, 0.2) is 30.5 Å². The van der Waals surface area contributed by atoms with Crippen LogP contribution in [0.4, 0.5) is 10.1 Å². The molecule has 0 radical (unpaired) electrons. The number of halogens is 1. The molecule has 2 heterocycles. The molecule has 1 amide bonds. The highest BCUT2D eigenvalue weighted by molar-refractivity contribution is 5.92. The Kier molecular flexibility index (Phi) is 5.18. The second kappa shape index (κ2) is 7.35. The Hall–Kier alpha value is -2.21. The van der Waals surface area contributed by atoms with E-state index in [0.29, 0.717) is 18.0 Å². The molecule has 3 rings (SSSR count). The van der Waals surface area contributed by atoms with Crippen molar-refractivity contribution >= 4 is 22.5 Å². The van der Waals surface area contributed by atoms with Gasteiger partial charge in [-0.2, -0.15) is 0 Å². The second-order valence-corrected chi connectivity index (χ2v) is 7.21. The average molecular weight is 344 g/mol. The third-order valence-electron chi connectivity index (χ3n) is 4.52. The molecule has 134 valence electrons. The predicted octanol–water partition coefficient (Wildman–Crippen LogP) is 2.27. The molecule has 0 aliphatic carbocycles. The number of fused-ring (bicyclic) bond motifs is 1. The molecule has 1 aromatic carbocycles. The van der Waals surface area contributed by atoms with E-state index in [1.165, 1.54) is 6.07 Å². The van der Waals surface area contributed by atoms with Crippen LogP contribution in [0.25, 0.3) is 10.9 Å². The molecule has 1 aromatic heterocycles. The molecular weight excluding hydrogens is 319 g/mol. The molecule has 5 nitrogen and oxygen atoms in total. The number of aromatic nitrogens is 1. The van der Waals surface area contributed by atoms with E-state index in [9.17, 15) is 9.18 Å². The number of hydrogen-bond donors (Lipinski definition) is 1. The second-order valence-electron chi connectivity index (χ2n) is 7.21. The van der Waals surface area contributed by atoms with Crippen LogP contribution in [0.3, 0.4) is 0 Å². The van der Waals surface area contributed by atoms with Crippen molar-refractivity contribution in [3.05, 3.63) is 36.3 Å². The summed E-state index contributed by atoms with van der Waals surface area (Å²) in [6.45, 7) is 4.17. The van der Waals surface area contributed by atoms with Crippen molar-refractivity contribution in [2.24, 2.45) is 5.92 Å². The van der Waals surface area contributed by atoms with Crippen molar-refractivity contribution < 1.29 is 9.18 Å². The van der Waals surface area contributed by atoms with Crippen molar-refractivity contribution in [2.75, 3.05) is 38.6 Å². The van der Waals surface area contributed by atoms with E-state index in [-0.39, 0.29) is 17.8 Å². The largest absolute Gasteiger partial charge is 0.369 e. The van der Waals surface area contributed by atoms with Gasteiger partial charge in [-0.05, 0) is 50.7 Å². The zero-order valence-corrected chi connectivity index (χ0v) is 15.0. The first-order chi connectivity index (χ1) is 11.9. The van der Waals surface area contributed by atoms with Gasteiger partial charge in [-0.15, -0.1) is 0 Å². The summed E-state index contributed by atoms with van der Waals surface area (Å²) in [5.41, 5.74) is 1.37. The van der Waals surface area contributed by atoms with Crippen molar-refractivity contribution in [3.63, 3.8) is 0 Å². The van der Waals surface area contributed by atoms with Crippen molar-refractivity contribution in [1.29, 1.82) is 0 Å². The Bertz CT molecular complexity index is 764. The Labute approximate surface area is 147 Å². The fraction of sp³-hybridized carbons (Fsp3) is 0.474. The fourth-order valence-corrected chi connectivity index (χ4v) is 3.61. The number of pyridine rings is 1. The highest BCUT2D eigenvalue weighted by Gasteiger charge is 2.27. The lowest BCUT2D eigenvalue weighted by Gasteiger charge is -2.38. The monoisotopic (exact) mass is 344 g/mol. The number of benzene rings is 1. The maximum Gasteiger partial charge on any atom is 0.234 e. The number of carbonyl (C=O) groups excluding carboxylic acids is 1. The van der Waals surface area contributed by atoms with Gasteiger partial charge in [-0.1, -0.05) is 6.92 Å². The van der Waals surface area contributed by atoms with Gasteiger partial charge < -0.3 is 15.1 Å². The zero-order valence-electron chi connectivity index (χ0n) is 15.0. The Morgan fingerprint density at radius 3 is 2.92 bits per heavy atom. The molecule has 25 heavy (non-hydrogen) atoms. The lowest BCUT2D eigenvalue weighted by molar-refractivity contribution is -0.122. The number of carbonyl (C=O) groups is 1. The van der Waals surface area contributed by atoms with E-state index >= 15 is 0 Å². The minimum absolute atomic E-state index is 0.0367. The van der Waals surface area contributed by atoms with E-state index in [2.05, 4.69) is 22.1 Å². The molecule has 1 aliphatic rings. The number of amides is 1. The van der Waals surface area contributed by atoms with Crippen molar-refractivity contribution in [2.45, 2.75) is 19.4 Å². The number of hydrogen-bond acceptors (Lipinski definition) is 4. The summed E-state index contributed by atoms with van der Waals surface area (Å²) >= 11 is 0. The normalized spacial score (nSPS) is 20.9. The van der Waals surface area contributed by atoms with Gasteiger partial charge in [-0.3, -0.25) is 9.78 Å². The SMILES string of the molecule is CC1CC(NC(=O)CN(C)C)CN(c2ccc(F)c3ncccc23)C1. The molecule has 0 saturated carbocycles. The summed E-state index contributed by atoms with van der Waals surface area (Å²) in [5.74, 6) is 0.171. The van der Waals surface area contributed by atoms with Crippen LogP contribution in [0.2, 0.25) is 0 Å². The highest BCUT2D eigenvalue weighted by Crippen LogP contribution is 2.30. The lowest BCUT2D eigenvalue weighted by Crippen LogP contribution is -2.51. The maximum absolute atomic E-state index is 14.0. The summed E-state index contributed by atoms with van der Waals surface area (Å²) in [6, 6.07) is 7.11. The molecule has 2 aromatic rings. The third-order valence-corrected chi connectivity index (χ3v) is 4.52. The molecule has 1 fully saturated rings. The quantitative estimate of drug-likeness (QED) is 0.924. The van der Waals surface area contributed by atoms with Gasteiger partial charge in [0.1, 0.15) is 11.3 Å². The Balaban J connectivity index is 1.83. The number of anilines is 1. The van der Waals surface area contributed by atoms with Crippen molar-refractivity contribution in [1.82, 2.24) is 15.2 Å². The van der Waals surface area contributed by atoms with Crippen molar-refractivity contribution in [3.8, 4) is 0 Å². The molecule has 1 aliphatic heterocycles. The van der Waals surface area contributed by atoms with Crippen LogP contribution >= 0.6 is 0 Å². The molecule has 2 atom stereocenters. The molecule has 1 saturated heterocycles. The molecule has 0 bridgehead atoms. The van der Waals surface area contributed by atoms with Gasteiger partial charge in [0.2, 0.25) is 5.91 Å². The van der Waals surface area contributed by atoms with Crippen LogP contribution in [0, 0.1) is 11.7 Å². The summed E-state index contributed by atoms with van der Waals surface area (Å²) in [4.78, 5) is 20.4. The Morgan fingerprint density at radius 2 is 2.16 bits per heavy atom. The van der Waals surface area contributed by atoms with E-state index in [0.717, 1.165) is 30.6 Å². The molecule has 1 N–H and O–H groups in total. The molecule has 0 spiro atoms. The predicted molar refractivity (Wildman–Crippen MR) is 98.2 cm³/mol. The molecule has 6 heteroatoms. The zero-order chi connectivity index (χ0) is 18.0. The standard InChI is InChI=1S/C19H25FN4O/c1-13-9-14(22-18(25)12-23(2)3)11-24(10-13)17-7-6-16(20)19-15(17)5-4-8-21-19/h4-8,13-14H,9-12H2,1-3H3,(H,22,25). The number of rotatable bonds is 4. The topological polar surface area (TPSA) is 48.5 Å².